The fourth-order valence-electron chi connectivity index (χ4n) is 3.34. The number of carbonyl (C=O) groups excluding carboxylic acids is 1. The summed E-state index contributed by atoms with van der Waals surface area (Å²) in [7, 11) is 1.65. The number of nitro groups is 1. The zero-order valence-electron chi connectivity index (χ0n) is 15.5. The van der Waals surface area contributed by atoms with Crippen molar-refractivity contribution in [2.75, 3.05) is 33.4 Å². The largest absolute Gasteiger partial charge is 0.384 e. The summed E-state index contributed by atoms with van der Waals surface area (Å²) in [5.41, 5.74) is 0.152. The number of aromatic nitrogens is 3. The second kappa shape index (κ2) is 9.58. The van der Waals surface area contributed by atoms with Crippen molar-refractivity contribution in [3.8, 4) is 5.69 Å². The number of methoxy groups -OCH3 is 1. The summed E-state index contributed by atoms with van der Waals surface area (Å²) in [4.78, 5) is 27.3. The fourth-order valence-corrected chi connectivity index (χ4v) is 3.34. The maximum absolute atomic E-state index is 12.6. The van der Waals surface area contributed by atoms with Gasteiger partial charge < -0.3 is 15.4 Å². The van der Waals surface area contributed by atoms with Gasteiger partial charge >= 0.3 is 0 Å². The maximum Gasteiger partial charge on any atom is 0.295 e. The lowest BCUT2D eigenvalue weighted by molar-refractivity contribution is -0.384. The Kier molecular flexibility index (Phi) is 7.44. The number of hydrogen-bond acceptors (Lipinski definition) is 7. The van der Waals surface area contributed by atoms with Gasteiger partial charge in [-0.25, -0.2) is 9.67 Å². The molecular formula is C17H23ClN6O4. The molecule has 0 unspecified atom stereocenters. The number of halogens is 1. The van der Waals surface area contributed by atoms with Gasteiger partial charge in [-0.15, -0.1) is 12.4 Å². The van der Waals surface area contributed by atoms with Gasteiger partial charge in [-0.05, 0) is 38.1 Å². The lowest BCUT2D eigenvalue weighted by Crippen LogP contribution is -2.47. The second-order valence-electron chi connectivity index (χ2n) is 6.67. The van der Waals surface area contributed by atoms with E-state index in [0.717, 1.165) is 25.9 Å². The Morgan fingerprint density at radius 3 is 2.79 bits per heavy atom. The standard InChI is InChI=1S/C17H22N6O4.ClH/c1-27-10-17(4-6-18-7-5-17)9-20-16(24)13-2-3-14(15(8-13)23(25)26)22-12-19-11-21-22;/h2-3,8,11-12,18H,4-7,9-10H2,1H3,(H,20,24);1H. The molecule has 11 heteroatoms. The third-order valence-electron chi connectivity index (χ3n) is 4.84. The minimum atomic E-state index is -0.535. The predicted molar refractivity (Wildman–Crippen MR) is 104 cm³/mol. The van der Waals surface area contributed by atoms with Crippen molar-refractivity contribution in [1.82, 2.24) is 25.4 Å². The molecule has 0 spiro atoms. The molecule has 1 amide bonds. The SMILES string of the molecule is COCC1(CNC(=O)c2ccc(-n3cncn3)c([N+](=O)[O-])c2)CCNCC1.Cl. The molecule has 3 rings (SSSR count). The van der Waals surface area contributed by atoms with Gasteiger partial charge in [-0.3, -0.25) is 14.9 Å². The highest BCUT2D eigenvalue weighted by Crippen LogP contribution is 2.29. The molecule has 152 valence electrons. The van der Waals surface area contributed by atoms with Crippen LogP contribution >= 0.6 is 12.4 Å². The molecule has 1 aliphatic rings. The smallest absolute Gasteiger partial charge is 0.295 e. The summed E-state index contributed by atoms with van der Waals surface area (Å²) in [5.74, 6) is -0.350. The number of nitrogens with zero attached hydrogens (tertiary/aromatic N) is 4. The molecule has 10 nitrogen and oxygen atoms in total. The van der Waals surface area contributed by atoms with E-state index in [1.165, 1.54) is 29.5 Å². The molecule has 28 heavy (non-hydrogen) atoms. The minimum Gasteiger partial charge on any atom is -0.384 e. The summed E-state index contributed by atoms with van der Waals surface area (Å²) >= 11 is 0. The van der Waals surface area contributed by atoms with Gasteiger partial charge in [-0.2, -0.15) is 5.10 Å². The van der Waals surface area contributed by atoms with Gasteiger partial charge in [0.25, 0.3) is 11.6 Å². The normalized spacial score (nSPS) is 15.5. The number of hydrogen-bond donors (Lipinski definition) is 2. The lowest BCUT2D eigenvalue weighted by Gasteiger charge is -2.37. The highest BCUT2D eigenvalue weighted by atomic mass is 35.5. The number of ether oxygens (including phenoxy) is 1. The first-order valence-electron chi connectivity index (χ1n) is 8.66. The van der Waals surface area contributed by atoms with Gasteiger partial charge in [0.15, 0.2) is 0 Å². The predicted octanol–water partition coefficient (Wildman–Crippen LogP) is 1.34. The summed E-state index contributed by atoms with van der Waals surface area (Å²) in [6, 6.07) is 4.31. The van der Waals surface area contributed by atoms with E-state index in [2.05, 4.69) is 20.7 Å². The summed E-state index contributed by atoms with van der Waals surface area (Å²) in [6.45, 7) is 2.76. The first kappa shape index (κ1) is 21.7. The van der Waals surface area contributed by atoms with E-state index < -0.39 is 4.92 Å². The first-order valence-corrected chi connectivity index (χ1v) is 8.66. The Labute approximate surface area is 168 Å². The van der Waals surface area contributed by atoms with Crippen molar-refractivity contribution >= 4 is 24.0 Å². The Morgan fingerprint density at radius 2 is 2.18 bits per heavy atom. The van der Waals surface area contributed by atoms with E-state index >= 15 is 0 Å². The highest BCUT2D eigenvalue weighted by Gasteiger charge is 2.32. The second-order valence-corrected chi connectivity index (χ2v) is 6.67. The number of amides is 1. The van der Waals surface area contributed by atoms with Crippen molar-refractivity contribution in [2.24, 2.45) is 5.41 Å². The number of piperidine rings is 1. The average molecular weight is 411 g/mol. The lowest BCUT2D eigenvalue weighted by atomic mass is 9.79. The summed E-state index contributed by atoms with van der Waals surface area (Å²) in [6.07, 6.45) is 4.45. The molecule has 0 bridgehead atoms. The Hall–Kier alpha value is -2.56. The molecule has 2 N–H and O–H groups in total. The number of nitro benzene ring substituents is 1. The van der Waals surface area contributed by atoms with Crippen molar-refractivity contribution in [3.05, 3.63) is 46.5 Å². The molecule has 1 aromatic heterocycles. The Balaban J connectivity index is 0.00000280. The van der Waals surface area contributed by atoms with Crippen LogP contribution < -0.4 is 10.6 Å². The summed E-state index contributed by atoms with van der Waals surface area (Å²) < 4.78 is 6.64. The third-order valence-corrected chi connectivity index (χ3v) is 4.84. The first-order chi connectivity index (χ1) is 13.0. The van der Waals surface area contributed by atoms with Crippen LogP contribution in [0.15, 0.2) is 30.9 Å². The highest BCUT2D eigenvalue weighted by molar-refractivity contribution is 5.95. The Bertz CT molecular complexity index is 802. The molecule has 2 aromatic rings. The molecule has 2 heterocycles. The Morgan fingerprint density at radius 1 is 1.43 bits per heavy atom. The van der Waals surface area contributed by atoms with Gasteiger partial charge in [-0.1, -0.05) is 0 Å². The van der Waals surface area contributed by atoms with Crippen molar-refractivity contribution < 1.29 is 14.5 Å². The molecule has 1 aromatic carbocycles. The van der Waals surface area contributed by atoms with Crippen LogP contribution in [0.4, 0.5) is 5.69 Å². The monoisotopic (exact) mass is 410 g/mol. The maximum atomic E-state index is 12.6. The van der Waals surface area contributed by atoms with Crippen molar-refractivity contribution in [3.63, 3.8) is 0 Å². The van der Waals surface area contributed by atoms with E-state index in [1.54, 1.807) is 13.2 Å². The van der Waals surface area contributed by atoms with Gasteiger partial charge in [0.05, 0.1) is 11.5 Å². The molecule has 1 saturated heterocycles. The van der Waals surface area contributed by atoms with E-state index in [9.17, 15) is 14.9 Å². The van der Waals surface area contributed by atoms with Crippen LogP contribution in [0, 0.1) is 15.5 Å². The number of benzene rings is 1. The van der Waals surface area contributed by atoms with Crippen LogP contribution in [0.1, 0.15) is 23.2 Å². The van der Waals surface area contributed by atoms with Crippen LogP contribution in [-0.4, -0.2) is 58.9 Å². The molecule has 1 aliphatic heterocycles. The van der Waals surface area contributed by atoms with E-state index in [-0.39, 0.29) is 40.7 Å². The third kappa shape index (κ3) is 4.83. The van der Waals surface area contributed by atoms with Crippen LogP contribution in [0.2, 0.25) is 0 Å². The van der Waals surface area contributed by atoms with Crippen molar-refractivity contribution in [2.45, 2.75) is 12.8 Å². The van der Waals surface area contributed by atoms with E-state index in [4.69, 9.17) is 4.74 Å². The average Bonchev–Trinajstić information content (AvgIpc) is 3.21. The quantitative estimate of drug-likeness (QED) is 0.521. The topological polar surface area (TPSA) is 124 Å². The molecule has 0 saturated carbocycles. The number of carbonyl (C=O) groups is 1. The van der Waals surface area contributed by atoms with Crippen LogP contribution in [-0.2, 0) is 4.74 Å². The minimum absolute atomic E-state index is 0. The van der Waals surface area contributed by atoms with Crippen molar-refractivity contribution in [1.29, 1.82) is 0 Å². The molecular weight excluding hydrogens is 388 g/mol. The number of nitrogens with one attached hydrogen (secondary N) is 2. The van der Waals surface area contributed by atoms with Gasteiger partial charge in [0, 0.05) is 30.7 Å². The molecule has 0 atom stereocenters. The zero-order chi connectivity index (χ0) is 19.3. The van der Waals surface area contributed by atoms with Crippen LogP contribution in [0.5, 0.6) is 0 Å². The molecule has 0 radical (unpaired) electrons. The van der Waals surface area contributed by atoms with E-state index in [0.29, 0.717) is 13.2 Å². The van der Waals surface area contributed by atoms with E-state index in [1.807, 2.05) is 0 Å². The van der Waals surface area contributed by atoms with Gasteiger partial charge in [0.1, 0.15) is 18.3 Å². The summed E-state index contributed by atoms with van der Waals surface area (Å²) in [5, 5.41) is 21.5. The molecule has 1 fully saturated rings. The molecule has 0 aliphatic carbocycles. The zero-order valence-corrected chi connectivity index (χ0v) is 16.3. The fraction of sp³-hybridized carbons (Fsp3) is 0.471. The van der Waals surface area contributed by atoms with Crippen LogP contribution in [0.25, 0.3) is 5.69 Å². The van der Waals surface area contributed by atoms with Crippen LogP contribution in [0.3, 0.4) is 0 Å². The number of rotatable bonds is 7. The van der Waals surface area contributed by atoms with Gasteiger partial charge in [0.2, 0.25) is 0 Å².